The lowest BCUT2D eigenvalue weighted by Gasteiger charge is -2.23. The molecule has 0 N–H and O–H groups in total. The summed E-state index contributed by atoms with van der Waals surface area (Å²) in [5.74, 6) is -1.64. The van der Waals surface area contributed by atoms with Gasteiger partial charge in [0.05, 0.1) is 13.2 Å². The minimum Gasteiger partial charge on any atom is -0.494 e. The van der Waals surface area contributed by atoms with Crippen LogP contribution in [0.2, 0.25) is 0 Å². The number of hydrogen-bond donors (Lipinski definition) is 0. The van der Waals surface area contributed by atoms with Gasteiger partial charge in [-0.3, -0.25) is 0 Å². The Morgan fingerprint density at radius 2 is 1.54 bits per heavy atom. The van der Waals surface area contributed by atoms with Gasteiger partial charge in [0, 0.05) is 6.61 Å². The summed E-state index contributed by atoms with van der Waals surface area (Å²) < 4.78 is 38.2. The number of rotatable bonds is 12. The maximum absolute atomic E-state index is 14.1. The molecular weight excluding hydrogens is 310 g/mol. The molecule has 0 spiro atoms. The van der Waals surface area contributed by atoms with Gasteiger partial charge in [-0.15, -0.1) is 0 Å². The highest BCUT2D eigenvalue weighted by atomic mass is 19.2. The van der Waals surface area contributed by atoms with Crippen LogP contribution in [0.5, 0.6) is 0 Å². The van der Waals surface area contributed by atoms with E-state index < -0.39 is 11.7 Å². The van der Waals surface area contributed by atoms with Crippen LogP contribution in [0.4, 0.5) is 8.78 Å². The fraction of sp³-hybridized carbons (Fsp3) is 0.700. The molecule has 0 aliphatic carbocycles. The number of ether oxygens (including phenoxy) is 2. The highest BCUT2D eigenvalue weighted by molar-refractivity contribution is 5.33. The lowest BCUT2D eigenvalue weighted by Crippen LogP contribution is -2.19. The Kier molecular flexibility index (Phi) is 10.9. The second-order valence-electron chi connectivity index (χ2n) is 6.77. The van der Waals surface area contributed by atoms with E-state index in [1.54, 1.807) is 0 Å². The summed E-state index contributed by atoms with van der Waals surface area (Å²) in [6.07, 6.45) is 2.93. The van der Waals surface area contributed by atoms with E-state index >= 15 is 0 Å². The lowest BCUT2D eigenvalue weighted by molar-refractivity contribution is 0.0285. The van der Waals surface area contributed by atoms with Crippen molar-refractivity contribution in [3.8, 4) is 0 Å². The van der Waals surface area contributed by atoms with Crippen LogP contribution in [0.15, 0.2) is 36.1 Å². The van der Waals surface area contributed by atoms with Crippen molar-refractivity contribution in [3.05, 3.63) is 36.1 Å². The van der Waals surface area contributed by atoms with Crippen molar-refractivity contribution in [2.75, 3.05) is 13.7 Å². The lowest BCUT2D eigenvalue weighted by atomic mass is 9.87. The molecule has 0 saturated heterocycles. The third-order valence-electron chi connectivity index (χ3n) is 4.81. The van der Waals surface area contributed by atoms with E-state index in [0.29, 0.717) is 11.8 Å². The Hall–Kier alpha value is -1.16. The van der Waals surface area contributed by atoms with Crippen LogP contribution >= 0.6 is 0 Å². The van der Waals surface area contributed by atoms with Gasteiger partial charge in [-0.25, -0.2) is 4.39 Å². The Labute approximate surface area is 146 Å². The average molecular weight is 344 g/mol. The predicted molar refractivity (Wildman–Crippen MR) is 97.0 cm³/mol. The van der Waals surface area contributed by atoms with Crippen molar-refractivity contribution >= 4 is 0 Å². The molecule has 0 saturated carbocycles. The van der Waals surface area contributed by atoms with Crippen LogP contribution in [0.3, 0.4) is 0 Å². The number of methoxy groups -OCH3 is 1. The monoisotopic (exact) mass is 344 g/mol. The van der Waals surface area contributed by atoms with Crippen molar-refractivity contribution in [1.29, 1.82) is 0 Å². The standard InChI is InChI=1S/C20H34F2O2/c1-9-16(5)24-12-15(4)13(2)10-11-14(3)17(6)19(21)20(22)18(7)23-8/h13-16H,6-7,9-12H2,1-5,8H3/b20-19-. The van der Waals surface area contributed by atoms with Crippen LogP contribution in [0.1, 0.15) is 53.9 Å². The van der Waals surface area contributed by atoms with Crippen LogP contribution in [0, 0.1) is 17.8 Å². The maximum Gasteiger partial charge on any atom is 0.200 e. The largest absolute Gasteiger partial charge is 0.494 e. The van der Waals surface area contributed by atoms with Crippen LogP contribution < -0.4 is 0 Å². The normalized spacial score (nSPS) is 17.5. The zero-order chi connectivity index (χ0) is 18.9. The third kappa shape index (κ3) is 7.61. The van der Waals surface area contributed by atoms with Crippen molar-refractivity contribution in [1.82, 2.24) is 0 Å². The van der Waals surface area contributed by atoms with E-state index in [1.807, 2.05) is 6.92 Å². The molecule has 4 unspecified atom stereocenters. The summed E-state index contributed by atoms with van der Waals surface area (Å²) in [7, 11) is 1.26. The molecule has 0 rings (SSSR count). The van der Waals surface area contributed by atoms with Gasteiger partial charge in [-0.2, -0.15) is 4.39 Å². The Morgan fingerprint density at radius 3 is 2.04 bits per heavy atom. The van der Waals surface area contributed by atoms with Gasteiger partial charge < -0.3 is 9.47 Å². The fourth-order valence-electron chi connectivity index (χ4n) is 2.14. The molecule has 0 aromatic rings. The topological polar surface area (TPSA) is 18.5 Å². The Bertz CT molecular complexity index is 443. The van der Waals surface area contributed by atoms with Crippen LogP contribution in [-0.2, 0) is 9.47 Å². The van der Waals surface area contributed by atoms with Crippen molar-refractivity contribution in [2.24, 2.45) is 17.8 Å². The van der Waals surface area contributed by atoms with E-state index in [-0.39, 0.29) is 23.4 Å². The molecule has 140 valence electrons. The second-order valence-corrected chi connectivity index (χ2v) is 6.77. The first-order chi connectivity index (χ1) is 11.1. The quantitative estimate of drug-likeness (QED) is 0.303. The Morgan fingerprint density at radius 1 is 0.958 bits per heavy atom. The molecule has 0 heterocycles. The van der Waals surface area contributed by atoms with E-state index in [0.717, 1.165) is 25.9 Å². The van der Waals surface area contributed by atoms with E-state index in [1.165, 1.54) is 7.11 Å². The zero-order valence-corrected chi connectivity index (χ0v) is 16.1. The van der Waals surface area contributed by atoms with Gasteiger partial charge in [0.1, 0.15) is 5.76 Å². The SMILES string of the molecule is C=C(OC)/C(F)=C(/F)C(=C)C(C)CCC(C)C(C)COC(C)CC. The molecule has 2 nitrogen and oxygen atoms in total. The zero-order valence-electron chi connectivity index (χ0n) is 16.1. The van der Waals surface area contributed by atoms with Crippen molar-refractivity contribution < 1.29 is 18.3 Å². The molecule has 0 amide bonds. The summed E-state index contributed by atoms with van der Waals surface area (Å²) in [4.78, 5) is 0. The first-order valence-electron chi connectivity index (χ1n) is 8.74. The van der Waals surface area contributed by atoms with E-state index in [9.17, 15) is 8.78 Å². The van der Waals surface area contributed by atoms with Gasteiger partial charge in [0.25, 0.3) is 0 Å². The minimum absolute atomic E-state index is 0.148. The van der Waals surface area contributed by atoms with Crippen LogP contribution in [0.25, 0.3) is 0 Å². The smallest absolute Gasteiger partial charge is 0.200 e. The number of allylic oxidation sites excluding steroid dienone is 3. The van der Waals surface area contributed by atoms with Gasteiger partial charge >= 0.3 is 0 Å². The highest BCUT2D eigenvalue weighted by Gasteiger charge is 2.20. The third-order valence-corrected chi connectivity index (χ3v) is 4.81. The molecule has 0 aliphatic rings. The highest BCUT2D eigenvalue weighted by Crippen LogP contribution is 2.30. The van der Waals surface area contributed by atoms with E-state index in [2.05, 4.69) is 45.6 Å². The average Bonchev–Trinajstić information content (AvgIpc) is 2.60. The summed E-state index contributed by atoms with van der Waals surface area (Å²) >= 11 is 0. The molecular formula is C20H34F2O2. The molecule has 4 atom stereocenters. The number of hydrogen-bond acceptors (Lipinski definition) is 2. The van der Waals surface area contributed by atoms with E-state index in [4.69, 9.17) is 4.74 Å². The molecule has 0 aliphatic heterocycles. The van der Waals surface area contributed by atoms with Gasteiger partial charge in [0.2, 0.25) is 0 Å². The molecule has 0 bridgehead atoms. The predicted octanol–water partition coefficient (Wildman–Crippen LogP) is 6.36. The molecule has 4 heteroatoms. The fourth-order valence-corrected chi connectivity index (χ4v) is 2.14. The summed E-state index contributed by atoms with van der Waals surface area (Å²) in [6, 6.07) is 0. The molecule has 24 heavy (non-hydrogen) atoms. The summed E-state index contributed by atoms with van der Waals surface area (Å²) in [5.41, 5.74) is 0.154. The molecule has 0 aromatic carbocycles. The molecule has 0 radical (unpaired) electrons. The van der Waals surface area contributed by atoms with Crippen molar-refractivity contribution in [2.45, 2.75) is 60.0 Å². The van der Waals surface area contributed by atoms with Crippen LogP contribution in [-0.4, -0.2) is 19.8 Å². The first-order valence-corrected chi connectivity index (χ1v) is 8.74. The van der Waals surface area contributed by atoms with Gasteiger partial charge in [-0.1, -0.05) is 40.9 Å². The van der Waals surface area contributed by atoms with Crippen molar-refractivity contribution in [3.63, 3.8) is 0 Å². The first kappa shape index (κ1) is 22.8. The van der Waals surface area contributed by atoms with Gasteiger partial charge in [-0.05, 0) is 49.5 Å². The summed E-state index contributed by atoms with van der Waals surface area (Å²) in [6.45, 7) is 18.1. The minimum atomic E-state index is -1.07. The number of halogens is 2. The molecule has 0 fully saturated rings. The Balaban J connectivity index is 4.49. The summed E-state index contributed by atoms with van der Waals surface area (Å²) in [5, 5.41) is 0. The maximum atomic E-state index is 14.1. The molecule has 0 aromatic heterocycles. The van der Waals surface area contributed by atoms with Gasteiger partial charge in [0.15, 0.2) is 11.7 Å². The second kappa shape index (κ2) is 11.4.